The van der Waals surface area contributed by atoms with Crippen LogP contribution in [0.2, 0.25) is 0 Å². The maximum Gasteiger partial charge on any atom is 0.295 e. The smallest absolute Gasteiger partial charge is 0.295 e. The van der Waals surface area contributed by atoms with Gasteiger partial charge in [0.15, 0.2) is 0 Å². The zero-order chi connectivity index (χ0) is 24.9. The number of carbonyl (C=O) groups excluding carboxylic acids is 2. The van der Waals surface area contributed by atoms with Crippen molar-refractivity contribution in [3.05, 3.63) is 112 Å². The van der Waals surface area contributed by atoms with E-state index in [0.717, 1.165) is 5.56 Å². The van der Waals surface area contributed by atoms with Crippen LogP contribution in [-0.4, -0.2) is 21.2 Å². The van der Waals surface area contributed by atoms with Crippen molar-refractivity contribution >= 4 is 23.2 Å². The molecular weight excluding hydrogens is 440 g/mol. The van der Waals surface area contributed by atoms with Gasteiger partial charge in [-0.2, -0.15) is 0 Å². The van der Waals surface area contributed by atoms with E-state index in [2.05, 4.69) is 10.6 Å². The van der Waals surface area contributed by atoms with Crippen molar-refractivity contribution in [2.45, 2.75) is 26.7 Å². The molecule has 1 aromatic heterocycles. The molecule has 0 saturated carbocycles. The third-order valence-electron chi connectivity index (χ3n) is 5.96. The Kier molecular flexibility index (Phi) is 6.96. The van der Waals surface area contributed by atoms with Crippen molar-refractivity contribution in [3.8, 4) is 5.69 Å². The zero-order valence-electron chi connectivity index (χ0n) is 20.0. The van der Waals surface area contributed by atoms with Crippen molar-refractivity contribution in [2.24, 2.45) is 7.05 Å². The van der Waals surface area contributed by atoms with E-state index in [-0.39, 0.29) is 17.2 Å². The van der Waals surface area contributed by atoms with Crippen LogP contribution in [0.15, 0.2) is 83.7 Å². The molecule has 0 aliphatic heterocycles. The maximum absolute atomic E-state index is 13.1. The minimum Gasteiger partial charge on any atom is -0.326 e. The Morgan fingerprint density at radius 1 is 0.857 bits per heavy atom. The zero-order valence-corrected chi connectivity index (χ0v) is 20.0. The summed E-state index contributed by atoms with van der Waals surface area (Å²) in [5.41, 5.74) is 4.38. The van der Waals surface area contributed by atoms with Gasteiger partial charge in [0.2, 0.25) is 5.91 Å². The summed E-state index contributed by atoms with van der Waals surface area (Å²) in [6.45, 7) is 3.80. The third-order valence-corrected chi connectivity index (χ3v) is 5.96. The maximum atomic E-state index is 13.1. The number of rotatable bonds is 7. The molecular formula is C28H28N4O3. The highest BCUT2D eigenvalue weighted by atomic mass is 16.2. The first-order chi connectivity index (χ1) is 16.8. The molecule has 1 heterocycles. The van der Waals surface area contributed by atoms with E-state index in [1.807, 2.05) is 61.5 Å². The molecule has 0 atom stereocenters. The van der Waals surface area contributed by atoms with Crippen LogP contribution in [-0.2, 0) is 18.3 Å². The molecule has 0 fully saturated rings. The van der Waals surface area contributed by atoms with Gasteiger partial charge in [-0.25, -0.2) is 4.68 Å². The van der Waals surface area contributed by atoms with Gasteiger partial charge < -0.3 is 10.6 Å². The topological polar surface area (TPSA) is 85.1 Å². The lowest BCUT2D eigenvalue weighted by Gasteiger charge is -2.08. The predicted molar refractivity (Wildman–Crippen MR) is 138 cm³/mol. The number of amides is 2. The summed E-state index contributed by atoms with van der Waals surface area (Å²) in [7, 11) is 1.77. The molecule has 178 valence electrons. The van der Waals surface area contributed by atoms with E-state index < -0.39 is 5.91 Å². The second kappa shape index (κ2) is 10.3. The number of hydrogen-bond acceptors (Lipinski definition) is 3. The van der Waals surface area contributed by atoms with E-state index in [1.165, 1.54) is 10.2 Å². The Bertz CT molecular complexity index is 1420. The van der Waals surface area contributed by atoms with E-state index in [1.54, 1.807) is 42.9 Å². The third kappa shape index (κ3) is 5.41. The Morgan fingerprint density at radius 2 is 1.57 bits per heavy atom. The second-order valence-corrected chi connectivity index (χ2v) is 8.51. The number of carbonyl (C=O) groups is 2. The number of nitrogens with one attached hydrogen (secondary N) is 2. The Balaban J connectivity index is 1.45. The second-order valence-electron chi connectivity index (χ2n) is 8.51. The number of aryl methyl sites for hydroxylation is 2. The van der Waals surface area contributed by atoms with E-state index in [4.69, 9.17) is 0 Å². The standard InChI is InChI=1S/C28H28N4O3/c1-19-12-14-21(15-13-19)16-17-25(33)29-23-9-7-8-22(18-23)27(34)30-26-20(2)31(3)32(28(26)35)24-10-5-4-6-11-24/h4-15,18H,16-17H2,1-3H3,(H,29,33)(H,30,34). The molecule has 35 heavy (non-hydrogen) atoms. The molecule has 0 spiro atoms. The summed E-state index contributed by atoms with van der Waals surface area (Å²) in [4.78, 5) is 38.5. The summed E-state index contributed by atoms with van der Waals surface area (Å²) in [6.07, 6.45) is 0.967. The van der Waals surface area contributed by atoms with Gasteiger partial charge in [0, 0.05) is 24.7 Å². The van der Waals surface area contributed by atoms with Crippen LogP contribution < -0.4 is 16.2 Å². The van der Waals surface area contributed by atoms with E-state index >= 15 is 0 Å². The number of hydrogen-bond donors (Lipinski definition) is 2. The largest absolute Gasteiger partial charge is 0.326 e. The summed E-state index contributed by atoms with van der Waals surface area (Å²) in [6, 6.07) is 24.0. The highest BCUT2D eigenvalue weighted by molar-refractivity contribution is 6.05. The van der Waals surface area contributed by atoms with Crippen molar-refractivity contribution in [2.75, 3.05) is 10.6 Å². The normalized spacial score (nSPS) is 10.7. The molecule has 4 aromatic rings. The molecule has 0 aliphatic carbocycles. The molecule has 4 rings (SSSR count). The monoisotopic (exact) mass is 468 g/mol. The number of anilines is 2. The molecule has 0 aliphatic rings. The minimum atomic E-state index is -0.424. The van der Waals surface area contributed by atoms with Gasteiger partial charge in [0.25, 0.3) is 11.5 Å². The lowest BCUT2D eigenvalue weighted by atomic mass is 10.1. The lowest BCUT2D eigenvalue weighted by molar-refractivity contribution is -0.116. The highest BCUT2D eigenvalue weighted by Crippen LogP contribution is 2.17. The molecule has 0 radical (unpaired) electrons. The van der Waals surface area contributed by atoms with E-state index in [0.29, 0.717) is 35.5 Å². The van der Waals surface area contributed by atoms with Gasteiger partial charge >= 0.3 is 0 Å². The fourth-order valence-electron chi connectivity index (χ4n) is 3.87. The predicted octanol–water partition coefficient (Wildman–Crippen LogP) is 4.62. The Morgan fingerprint density at radius 3 is 2.29 bits per heavy atom. The van der Waals surface area contributed by atoms with Gasteiger partial charge in [-0.3, -0.25) is 19.1 Å². The van der Waals surface area contributed by atoms with Crippen LogP contribution in [0.1, 0.15) is 33.6 Å². The van der Waals surface area contributed by atoms with Crippen LogP contribution in [0.5, 0.6) is 0 Å². The molecule has 2 amide bonds. The number of benzene rings is 3. The first-order valence-corrected chi connectivity index (χ1v) is 11.4. The van der Waals surface area contributed by atoms with Gasteiger partial charge in [0.05, 0.1) is 11.4 Å². The van der Waals surface area contributed by atoms with Crippen LogP contribution in [0.3, 0.4) is 0 Å². The number of para-hydroxylation sites is 1. The quantitative estimate of drug-likeness (QED) is 0.415. The van der Waals surface area contributed by atoms with Gasteiger partial charge in [-0.1, -0.05) is 54.1 Å². The highest BCUT2D eigenvalue weighted by Gasteiger charge is 2.19. The summed E-state index contributed by atoms with van der Waals surface area (Å²) >= 11 is 0. The SMILES string of the molecule is Cc1ccc(CCC(=O)Nc2cccc(C(=O)Nc3c(C)n(C)n(-c4ccccc4)c3=O)c2)cc1. The Labute approximate surface area is 204 Å². The van der Waals surface area contributed by atoms with Crippen molar-refractivity contribution < 1.29 is 9.59 Å². The molecule has 2 N–H and O–H groups in total. The summed E-state index contributed by atoms with van der Waals surface area (Å²) in [5, 5.41) is 5.60. The van der Waals surface area contributed by atoms with Crippen LogP contribution in [0.25, 0.3) is 5.69 Å². The van der Waals surface area contributed by atoms with Gasteiger partial charge in [0.1, 0.15) is 5.69 Å². The van der Waals surface area contributed by atoms with Crippen LogP contribution in [0, 0.1) is 13.8 Å². The van der Waals surface area contributed by atoms with Gasteiger partial charge in [-0.05, 0) is 56.2 Å². The van der Waals surface area contributed by atoms with Crippen molar-refractivity contribution in [1.82, 2.24) is 9.36 Å². The molecule has 3 aromatic carbocycles. The molecule has 0 saturated heterocycles. The fourth-order valence-corrected chi connectivity index (χ4v) is 3.87. The Hall–Kier alpha value is -4.39. The summed E-state index contributed by atoms with van der Waals surface area (Å²) in [5.74, 6) is -0.556. The average Bonchev–Trinajstić information content (AvgIpc) is 3.07. The summed E-state index contributed by atoms with van der Waals surface area (Å²) < 4.78 is 3.22. The molecule has 0 bridgehead atoms. The minimum absolute atomic E-state index is 0.132. The number of aromatic nitrogens is 2. The molecule has 7 heteroatoms. The average molecular weight is 469 g/mol. The van der Waals surface area contributed by atoms with E-state index in [9.17, 15) is 14.4 Å². The van der Waals surface area contributed by atoms with Crippen molar-refractivity contribution in [1.29, 1.82) is 0 Å². The first kappa shape index (κ1) is 23.8. The molecule has 7 nitrogen and oxygen atoms in total. The van der Waals surface area contributed by atoms with Crippen molar-refractivity contribution in [3.63, 3.8) is 0 Å². The number of nitrogens with zero attached hydrogens (tertiary/aromatic N) is 2. The van der Waals surface area contributed by atoms with Gasteiger partial charge in [-0.15, -0.1) is 0 Å². The fraction of sp³-hybridized carbons (Fsp3) is 0.179. The van der Waals surface area contributed by atoms with Crippen LogP contribution in [0.4, 0.5) is 11.4 Å². The van der Waals surface area contributed by atoms with Crippen LogP contribution >= 0.6 is 0 Å². The lowest BCUT2D eigenvalue weighted by Crippen LogP contribution is -2.23. The first-order valence-electron chi connectivity index (χ1n) is 11.4. The molecule has 0 unspecified atom stereocenters.